The summed E-state index contributed by atoms with van der Waals surface area (Å²) in [5, 5.41) is 12.9. The maximum absolute atomic E-state index is 9.60. The molecule has 2 aromatic rings. The van der Waals surface area contributed by atoms with Gasteiger partial charge in [-0.05, 0) is 30.4 Å². The van der Waals surface area contributed by atoms with Crippen LogP contribution in [0.3, 0.4) is 0 Å². The first-order chi connectivity index (χ1) is 8.90. The van der Waals surface area contributed by atoms with Crippen molar-refractivity contribution in [1.82, 2.24) is 4.98 Å². The van der Waals surface area contributed by atoms with Crippen LogP contribution in [0, 0.1) is 0 Å². The molecule has 3 rings (SSSR count). The van der Waals surface area contributed by atoms with E-state index in [1.165, 1.54) is 29.3 Å². The summed E-state index contributed by atoms with van der Waals surface area (Å²) in [6, 6.07) is 4.43. The molecular formula is C14H18N2OS. The van der Waals surface area contributed by atoms with Gasteiger partial charge < -0.3 is 10.0 Å². The van der Waals surface area contributed by atoms with Crippen molar-refractivity contribution < 1.29 is 5.11 Å². The lowest BCUT2D eigenvalue weighted by Crippen LogP contribution is -2.38. The van der Waals surface area contributed by atoms with E-state index in [1.807, 2.05) is 6.20 Å². The highest BCUT2D eigenvalue weighted by atomic mass is 32.1. The molecule has 1 fully saturated rings. The number of aromatic nitrogens is 1. The number of rotatable bonds is 2. The summed E-state index contributed by atoms with van der Waals surface area (Å²) in [5.41, 5.74) is 0. The number of aliphatic hydroxyl groups excluding tert-OH is 1. The van der Waals surface area contributed by atoms with Crippen LogP contribution in [-0.4, -0.2) is 29.3 Å². The van der Waals surface area contributed by atoms with Crippen molar-refractivity contribution in [2.75, 3.05) is 18.1 Å². The predicted molar refractivity (Wildman–Crippen MR) is 76.3 cm³/mol. The molecule has 2 aromatic heterocycles. The second-order valence-corrected chi connectivity index (χ2v) is 5.79. The Labute approximate surface area is 111 Å². The molecule has 0 aliphatic carbocycles. The van der Waals surface area contributed by atoms with E-state index in [0.717, 1.165) is 18.8 Å². The van der Waals surface area contributed by atoms with E-state index in [0.29, 0.717) is 0 Å². The van der Waals surface area contributed by atoms with E-state index in [-0.39, 0.29) is 12.6 Å². The molecule has 18 heavy (non-hydrogen) atoms. The van der Waals surface area contributed by atoms with E-state index < -0.39 is 0 Å². The first-order valence-electron chi connectivity index (χ1n) is 6.60. The lowest BCUT2D eigenvalue weighted by molar-refractivity contribution is 0.255. The Kier molecular flexibility index (Phi) is 3.48. The molecule has 3 nitrogen and oxygen atoms in total. The van der Waals surface area contributed by atoms with Gasteiger partial charge in [-0.15, -0.1) is 11.3 Å². The van der Waals surface area contributed by atoms with Crippen LogP contribution in [0.25, 0.3) is 10.1 Å². The van der Waals surface area contributed by atoms with Gasteiger partial charge in [0.15, 0.2) is 0 Å². The normalized spacial score (nSPS) is 21.2. The van der Waals surface area contributed by atoms with Crippen LogP contribution in [0.4, 0.5) is 5.82 Å². The Morgan fingerprint density at radius 2 is 2.28 bits per heavy atom. The average molecular weight is 262 g/mol. The number of aliphatic hydroxyl groups is 1. The molecule has 0 amide bonds. The van der Waals surface area contributed by atoms with Crippen LogP contribution in [0.1, 0.15) is 25.7 Å². The number of nitrogens with zero attached hydrogens (tertiary/aromatic N) is 2. The molecule has 0 saturated carbocycles. The maximum atomic E-state index is 9.60. The van der Waals surface area contributed by atoms with Crippen LogP contribution < -0.4 is 4.90 Å². The summed E-state index contributed by atoms with van der Waals surface area (Å²) in [4.78, 5) is 6.87. The number of hydrogen-bond donors (Lipinski definition) is 1. The first kappa shape index (κ1) is 11.9. The second-order valence-electron chi connectivity index (χ2n) is 4.85. The van der Waals surface area contributed by atoms with E-state index in [4.69, 9.17) is 0 Å². The van der Waals surface area contributed by atoms with E-state index in [9.17, 15) is 5.11 Å². The Morgan fingerprint density at radius 3 is 3.17 bits per heavy atom. The molecule has 3 heterocycles. The highest BCUT2D eigenvalue weighted by molar-refractivity contribution is 7.17. The maximum Gasteiger partial charge on any atom is 0.137 e. The van der Waals surface area contributed by atoms with Crippen molar-refractivity contribution in [2.45, 2.75) is 31.7 Å². The summed E-state index contributed by atoms with van der Waals surface area (Å²) in [7, 11) is 0. The molecule has 1 atom stereocenters. The molecule has 0 bridgehead atoms. The molecule has 1 unspecified atom stereocenters. The smallest absolute Gasteiger partial charge is 0.137 e. The van der Waals surface area contributed by atoms with Gasteiger partial charge in [-0.3, -0.25) is 0 Å². The lowest BCUT2D eigenvalue weighted by atomic mass is 10.1. The van der Waals surface area contributed by atoms with Crippen LogP contribution >= 0.6 is 11.3 Å². The van der Waals surface area contributed by atoms with E-state index in [1.54, 1.807) is 11.3 Å². The van der Waals surface area contributed by atoms with Crippen LogP contribution in [0.5, 0.6) is 0 Å². The Balaban J connectivity index is 2.02. The zero-order valence-corrected chi connectivity index (χ0v) is 11.2. The van der Waals surface area contributed by atoms with Crippen LogP contribution in [-0.2, 0) is 0 Å². The number of pyridine rings is 1. The lowest BCUT2D eigenvalue weighted by Gasteiger charge is -2.30. The highest BCUT2D eigenvalue weighted by Crippen LogP contribution is 2.31. The Morgan fingerprint density at radius 1 is 1.33 bits per heavy atom. The van der Waals surface area contributed by atoms with E-state index >= 15 is 0 Å². The van der Waals surface area contributed by atoms with Crippen molar-refractivity contribution in [3.63, 3.8) is 0 Å². The van der Waals surface area contributed by atoms with Gasteiger partial charge in [-0.25, -0.2) is 4.98 Å². The predicted octanol–water partition coefficient (Wildman–Crippen LogP) is 3.04. The minimum Gasteiger partial charge on any atom is -0.394 e. The molecule has 1 saturated heterocycles. The third kappa shape index (κ3) is 2.10. The van der Waals surface area contributed by atoms with Crippen molar-refractivity contribution >= 4 is 27.2 Å². The van der Waals surface area contributed by atoms with Gasteiger partial charge in [0.25, 0.3) is 0 Å². The van der Waals surface area contributed by atoms with Crippen molar-refractivity contribution in [3.8, 4) is 0 Å². The van der Waals surface area contributed by atoms with Crippen molar-refractivity contribution in [1.29, 1.82) is 0 Å². The third-order valence-corrected chi connectivity index (χ3v) is 4.60. The van der Waals surface area contributed by atoms with Crippen molar-refractivity contribution in [2.24, 2.45) is 0 Å². The standard InChI is InChI=1S/C14H18N2OS/c17-10-11-4-2-1-3-8-16(11)14-12-6-9-18-13(12)5-7-15-14/h5-7,9,11,17H,1-4,8,10H2. The zero-order valence-electron chi connectivity index (χ0n) is 10.4. The fraction of sp³-hybridized carbons (Fsp3) is 0.500. The molecule has 1 aliphatic rings. The highest BCUT2D eigenvalue weighted by Gasteiger charge is 2.23. The molecule has 0 spiro atoms. The van der Waals surface area contributed by atoms with Gasteiger partial charge in [-0.2, -0.15) is 0 Å². The molecule has 96 valence electrons. The SMILES string of the molecule is OCC1CCCCCN1c1nccc2sccc12. The minimum atomic E-state index is 0.224. The number of hydrogen-bond acceptors (Lipinski definition) is 4. The van der Waals surface area contributed by atoms with Gasteiger partial charge in [0.1, 0.15) is 5.82 Å². The molecule has 1 N–H and O–H groups in total. The Hall–Kier alpha value is -1.13. The largest absolute Gasteiger partial charge is 0.394 e. The number of thiophene rings is 1. The quantitative estimate of drug-likeness (QED) is 0.903. The second kappa shape index (κ2) is 5.24. The average Bonchev–Trinajstić information content (AvgIpc) is 2.76. The summed E-state index contributed by atoms with van der Waals surface area (Å²) in [6.45, 7) is 1.23. The number of anilines is 1. The third-order valence-electron chi connectivity index (χ3n) is 3.72. The molecule has 1 aliphatic heterocycles. The monoisotopic (exact) mass is 262 g/mol. The fourth-order valence-electron chi connectivity index (χ4n) is 2.75. The first-order valence-corrected chi connectivity index (χ1v) is 7.48. The fourth-order valence-corrected chi connectivity index (χ4v) is 3.53. The Bertz CT molecular complexity index is 525. The van der Waals surface area contributed by atoms with Crippen molar-refractivity contribution in [3.05, 3.63) is 23.7 Å². The topological polar surface area (TPSA) is 36.4 Å². The minimum absolute atomic E-state index is 0.224. The molecular weight excluding hydrogens is 244 g/mol. The van der Waals surface area contributed by atoms with Crippen LogP contribution in [0.15, 0.2) is 23.7 Å². The van der Waals surface area contributed by atoms with Gasteiger partial charge in [-0.1, -0.05) is 12.8 Å². The van der Waals surface area contributed by atoms with Gasteiger partial charge >= 0.3 is 0 Å². The molecule has 4 heteroatoms. The summed E-state index contributed by atoms with van der Waals surface area (Å²) >= 11 is 1.75. The van der Waals surface area contributed by atoms with Crippen LogP contribution in [0.2, 0.25) is 0 Å². The van der Waals surface area contributed by atoms with Gasteiger partial charge in [0.2, 0.25) is 0 Å². The summed E-state index contributed by atoms with van der Waals surface area (Å²) in [5.74, 6) is 1.05. The summed E-state index contributed by atoms with van der Waals surface area (Å²) < 4.78 is 1.28. The number of fused-ring (bicyclic) bond motifs is 1. The van der Waals surface area contributed by atoms with E-state index in [2.05, 4.69) is 27.4 Å². The van der Waals surface area contributed by atoms with Gasteiger partial charge in [0.05, 0.1) is 12.6 Å². The molecule has 0 radical (unpaired) electrons. The summed E-state index contributed by atoms with van der Waals surface area (Å²) in [6.07, 6.45) is 6.61. The molecule has 0 aromatic carbocycles. The zero-order chi connectivity index (χ0) is 12.4. The van der Waals surface area contributed by atoms with Gasteiger partial charge in [0, 0.05) is 22.8 Å².